The quantitative estimate of drug-likeness (QED) is 0.460. The van der Waals surface area contributed by atoms with Crippen molar-refractivity contribution in [1.29, 1.82) is 5.26 Å². The topological polar surface area (TPSA) is 107 Å². The number of hydrogen-bond donors (Lipinski definition) is 2. The number of ether oxygens (including phenoxy) is 3. The number of nitrogen functional groups attached to an aromatic ring is 1. The minimum Gasteiger partial charge on any atom is -0.491 e. The number of anilines is 1. The lowest BCUT2D eigenvalue weighted by Crippen LogP contribution is -2.27. The second kappa shape index (κ2) is 11.1. The average molecular weight is 375 g/mol. The number of nitriles is 1. The van der Waals surface area contributed by atoms with Crippen LogP contribution in [0, 0.1) is 11.3 Å². The summed E-state index contributed by atoms with van der Waals surface area (Å²) in [4.78, 5) is 12.8. The van der Waals surface area contributed by atoms with Crippen molar-refractivity contribution in [3.63, 3.8) is 0 Å². The lowest BCUT2D eigenvalue weighted by molar-refractivity contribution is 0.0370. The number of amides is 1. The van der Waals surface area contributed by atoms with Crippen molar-refractivity contribution >= 4 is 22.9 Å². The third-order valence-corrected chi connectivity index (χ3v) is 4.21. The zero-order valence-corrected chi connectivity index (χ0v) is 15.1. The molecule has 3 N–H and O–H groups in total. The Morgan fingerprint density at radius 2 is 1.73 bits per heavy atom. The van der Waals surface area contributed by atoms with Gasteiger partial charge in [-0.25, -0.2) is 0 Å². The summed E-state index contributed by atoms with van der Waals surface area (Å²) in [6, 6.07) is 12.5. The van der Waals surface area contributed by atoms with Crippen LogP contribution in [0.2, 0.25) is 0 Å². The highest BCUT2D eigenvalue weighted by Gasteiger charge is 2.08. The Kier molecular flexibility index (Phi) is 8.42. The molecule has 0 unspecified atom stereocenters. The van der Waals surface area contributed by atoms with E-state index in [1.165, 1.54) is 11.3 Å². The van der Waals surface area contributed by atoms with E-state index in [1.54, 1.807) is 24.3 Å². The van der Waals surface area contributed by atoms with Gasteiger partial charge in [0.15, 0.2) is 0 Å². The van der Waals surface area contributed by atoms with Crippen LogP contribution in [0.4, 0.5) is 5.69 Å². The number of rotatable bonds is 11. The van der Waals surface area contributed by atoms with Crippen molar-refractivity contribution in [1.82, 2.24) is 5.32 Å². The van der Waals surface area contributed by atoms with Gasteiger partial charge < -0.3 is 25.3 Å². The summed E-state index contributed by atoms with van der Waals surface area (Å²) < 4.78 is 16.3. The van der Waals surface area contributed by atoms with Crippen LogP contribution in [-0.2, 0) is 9.47 Å². The summed E-state index contributed by atoms with van der Waals surface area (Å²) in [5, 5.41) is 11.5. The van der Waals surface area contributed by atoms with E-state index in [0.29, 0.717) is 55.0 Å². The molecule has 138 valence electrons. The van der Waals surface area contributed by atoms with Crippen LogP contribution in [0.15, 0.2) is 36.4 Å². The lowest BCUT2D eigenvalue weighted by atomic mass is 10.3. The average Bonchev–Trinajstić information content (AvgIpc) is 3.14. The van der Waals surface area contributed by atoms with Crippen molar-refractivity contribution in [2.75, 3.05) is 45.3 Å². The van der Waals surface area contributed by atoms with Gasteiger partial charge in [0.1, 0.15) is 23.3 Å². The Morgan fingerprint density at radius 3 is 2.42 bits per heavy atom. The Bertz CT molecular complexity index is 725. The molecule has 1 amide bonds. The van der Waals surface area contributed by atoms with Crippen molar-refractivity contribution in [3.8, 4) is 11.8 Å². The molecule has 0 spiro atoms. The lowest BCUT2D eigenvalue weighted by Gasteiger charge is -2.08. The molecule has 8 heteroatoms. The molecular formula is C18H21N3O4S. The van der Waals surface area contributed by atoms with Crippen LogP contribution in [-0.4, -0.2) is 45.5 Å². The van der Waals surface area contributed by atoms with Crippen LogP contribution in [0.5, 0.6) is 5.75 Å². The number of carbonyl (C=O) groups excluding carboxylic acids is 1. The van der Waals surface area contributed by atoms with Gasteiger partial charge in [0.05, 0.1) is 31.3 Å². The molecule has 0 aliphatic rings. The molecule has 2 rings (SSSR count). The predicted octanol–water partition coefficient (Wildman–Crippen LogP) is 2.04. The molecular weight excluding hydrogens is 354 g/mol. The molecule has 7 nitrogen and oxygen atoms in total. The normalized spacial score (nSPS) is 10.3. The largest absolute Gasteiger partial charge is 0.491 e. The van der Waals surface area contributed by atoms with Crippen LogP contribution in [0.1, 0.15) is 14.5 Å². The molecule has 26 heavy (non-hydrogen) atoms. The summed E-state index contributed by atoms with van der Waals surface area (Å²) in [6.45, 7) is 2.60. The fourth-order valence-electron chi connectivity index (χ4n) is 1.95. The number of nitrogens with one attached hydrogen (secondary N) is 1. The molecule has 0 bridgehead atoms. The fourth-order valence-corrected chi connectivity index (χ4v) is 2.67. The highest BCUT2D eigenvalue weighted by Crippen LogP contribution is 2.14. The molecule has 0 saturated carbocycles. The molecule has 0 aliphatic carbocycles. The molecule has 1 aromatic heterocycles. The Labute approximate surface area is 156 Å². The van der Waals surface area contributed by atoms with E-state index in [-0.39, 0.29) is 5.91 Å². The summed E-state index contributed by atoms with van der Waals surface area (Å²) in [5.41, 5.74) is 6.29. The zero-order valence-electron chi connectivity index (χ0n) is 14.3. The SMILES string of the molecule is N#Cc1ccc(C(=O)NCCOCCOCCOc2ccc(N)cc2)s1. The molecule has 0 fully saturated rings. The number of nitrogens with two attached hydrogens (primary N) is 1. The van der Waals surface area contributed by atoms with E-state index in [1.807, 2.05) is 18.2 Å². The third-order valence-electron chi connectivity index (χ3n) is 3.22. The third kappa shape index (κ3) is 7.11. The molecule has 0 aliphatic heterocycles. The van der Waals surface area contributed by atoms with Gasteiger partial charge in [-0.05, 0) is 36.4 Å². The first-order chi connectivity index (χ1) is 12.7. The minimum absolute atomic E-state index is 0.198. The van der Waals surface area contributed by atoms with Gasteiger partial charge in [-0.1, -0.05) is 0 Å². The highest BCUT2D eigenvalue weighted by molar-refractivity contribution is 7.14. The first-order valence-electron chi connectivity index (χ1n) is 8.11. The Balaban J connectivity index is 1.43. The monoisotopic (exact) mass is 375 g/mol. The first kappa shape index (κ1) is 19.7. The molecule has 1 aromatic carbocycles. The summed E-state index contributed by atoms with van der Waals surface area (Å²) in [7, 11) is 0. The van der Waals surface area contributed by atoms with Crippen molar-refractivity contribution in [3.05, 3.63) is 46.2 Å². The van der Waals surface area contributed by atoms with E-state index < -0.39 is 0 Å². The van der Waals surface area contributed by atoms with E-state index in [0.717, 1.165) is 5.75 Å². The Hall–Kier alpha value is -2.60. The molecule has 0 atom stereocenters. The standard InChI is InChI=1S/C18H21N3O4S/c19-13-16-5-6-17(26-16)18(22)21-7-8-23-9-10-24-11-12-25-15-3-1-14(20)2-4-15/h1-6H,7-12,20H2,(H,21,22). The summed E-state index contributed by atoms with van der Waals surface area (Å²) >= 11 is 1.17. The number of benzene rings is 1. The fraction of sp³-hybridized carbons (Fsp3) is 0.333. The first-order valence-corrected chi connectivity index (χ1v) is 8.92. The number of nitrogens with zero attached hydrogens (tertiary/aromatic N) is 1. The maximum atomic E-state index is 11.8. The van der Waals surface area contributed by atoms with Gasteiger partial charge in [-0.2, -0.15) is 5.26 Å². The van der Waals surface area contributed by atoms with Crippen molar-refractivity contribution in [2.45, 2.75) is 0 Å². The number of hydrogen-bond acceptors (Lipinski definition) is 7. The van der Waals surface area contributed by atoms with Gasteiger partial charge in [-0.3, -0.25) is 4.79 Å². The van der Waals surface area contributed by atoms with Crippen LogP contribution < -0.4 is 15.8 Å². The van der Waals surface area contributed by atoms with Gasteiger partial charge in [0.2, 0.25) is 0 Å². The summed E-state index contributed by atoms with van der Waals surface area (Å²) in [6.07, 6.45) is 0. The van der Waals surface area contributed by atoms with E-state index in [4.69, 9.17) is 25.2 Å². The smallest absolute Gasteiger partial charge is 0.261 e. The second-order valence-corrected chi connectivity index (χ2v) is 6.26. The number of thiophene rings is 1. The minimum atomic E-state index is -0.198. The summed E-state index contributed by atoms with van der Waals surface area (Å²) in [5.74, 6) is 0.554. The zero-order chi connectivity index (χ0) is 18.6. The number of carbonyl (C=O) groups is 1. The van der Waals surface area contributed by atoms with E-state index in [2.05, 4.69) is 5.32 Å². The van der Waals surface area contributed by atoms with Gasteiger partial charge in [0, 0.05) is 12.2 Å². The predicted molar refractivity (Wildman–Crippen MR) is 99.4 cm³/mol. The van der Waals surface area contributed by atoms with E-state index >= 15 is 0 Å². The van der Waals surface area contributed by atoms with Crippen LogP contribution >= 0.6 is 11.3 Å². The maximum Gasteiger partial charge on any atom is 0.261 e. The van der Waals surface area contributed by atoms with Gasteiger partial charge >= 0.3 is 0 Å². The van der Waals surface area contributed by atoms with Gasteiger partial charge in [0.25, 0.3) is 5.91 Å². The van der Waals surface area contributed by atoms with Crippen LogP contribution in [0.3, 0.4) is 0 Å². The molecule has 1 heterocycles. The Morgan fingerprint density at radius 1 is 1.04 bits per heavy atom. The van der Waals surface area contributed by atoms with Crippen molar-refractivity contribution < 1.29 is 19.0 Å². The van der Waals surface area contributed by atoms with Crippen LogP contribution in [0.25, 0.3) is 0 Å². The molecule has 0 radical (unpaired) electrons. The molecule has 2 aromatic rings. The van der Waals surface area contributed by atoms with Gasteiger partial charge in [-0.15, -0.1) is 11.3 Å². The van der Waals surface area contributed by atoms with E-state index in [9.17, 15) is 4.79 Å². The maximum absolute atomic E-state index is 11.8. The highest BCUT2D eigenvalue weighted by atomic mass is 32.1. The molecule has 0 saturated heterocycles. The second-order valence-electron chi connectivity index (χ2n) is 5.17. The van der Waals surface area contributed by atoms with Crippen molar-refractivity contribution in [2.24, 2.45) is 0 Å².